The Morgan fingerprint density at radius 2 is 1.94 bits per heavy atom. The summed E-state index contributed by atoms with van der Waals surface area (Å²) in [6.07, 6.45) is 2.50. The van der Waals surface area contributed by atoms with E-state index in [0.717, 1.165) is 6.54 Å². The average molecular weight is 219 g/mol. The normalized spacial score (nSPS) is 15.0. The molecule has 0 spiro atoms. The van der Waals surface area contributed by atoms with Crippen LogP contribution >= 0.6 is 0 Å². The van der Waals surface area contributed by atoms with E-state index in [2.05, 4.69) is 36.9 Å². The Hall–Kier alpha value is -0.820. The molecule has 1 heterocycles. The molecular formula is C15H25N. The van der Waals surface area contributed by atoms with Crippen LogP contribution in [0.4, 0.5) is 0 Å². The van der Waals surface area contributed by atoms with Gasteiger partial charge in [-0.3, -0.25) is 4.90 Å². The van der Waals surface area contributed by atoms with Gasteiger partial charge in [-0.25, -0.2) is 0 Å². The van der Waals surface area contributed by atoms with E-state index in [1.165, 1.54) is 31.5 Å². The van der Waals surface area contributed by atoms with Crippen molar-refractivity contribution in [3.05, 3.63) is 34.9 Å². The SMILES string of the molecule is CC.CCCN1CCc2ccc(C)cc2C1. The summed E-state index contributed by atoms with van der Waals surface area (Å²) in [5.74, 6) is 0. The number of hydrogen-bond donors (Lipinski definition) is 0. The largest absolute Gasteiger partial charge is 0.299 e. The predicted octanol–water partition coefficient (Wildman–Crippen LogP) is 3.79. The first-order chi connectivity index (χ1) is 7.79. The lowest BCUT2D eigenvalue weighted by Crippen LogP contribution is -2.31. The highest BCUT2D eigenvalue weighted by atomic mass is 15.1. The molecule has 0 atom stereocenters. The molecule has 1 aliphatic heterocycles. The van der Waals surface area contributed by atoms with Crippen LogP contribution in [0.2, 0.25) is 0 Å². The molecule has 0 amide bonds. The van der Waals surface area contributed by atoms with Crippen molar-refractivity contribution in [2.45, 2.75) is 47.1 Å². The first-order valence-electron chi connectivity index (χ1n) is 6.60. The summed E-state index contributed by atoms with van der Waals surface area (Å²) in [7, 11) is 0. The standard InChI is InChI=1S/C13H19N.C2H6/c1-3-7-14-8-6-12-5-4-11(2)9-13(12)10-14;1-2/h4-5,9H,3,6-8,10H2,1-2H3;1-2H3. The van der Waals surface area contributed by atoms with Crippen LogP contribution in [-0.4, -0.2) is 18.0 Å². The van der Waals surface area contributed by atoms with Crippen LogP contribution in [0.1, 0.15) is 43.9 Å². The van der Waals surface area contributed by atoms with Crippen molar-refractivity contribution >= 4 is 0 Å². The Morgan fingerprint density at radius 3 is 2.62 bits per heavy atom. The number of aryl methyl sites for hydroxylation is 1. The van der Waals surface area contributed by atoms with Gasteiger partial charge in [0.1, 0.15) is 0 Å². The second-order valence-corrected chi connectivity index (χ2v) is 4.30. The second kappa shape index (κ2) is 6.70. The van der Waals surface area contributed by atoms with E-state index in [1.807, 2.05) is 13.8 Å². The van der Waals surface area contributed by atoms with E-state index in [0.29, 0.717) is 0 Å². The van der Waals surface area contributed by atoms with Gasteiger partial charge in [0.15, 0.2) is 0 Å². The van der Waals surface area contributed by atoms with Gasteiger partial charge in [0.2, 0.25) is 0 Å². The fourth-order valence-electron chi connectivity index (χ4n) is 2.25. The van der Waals surface area contributed by atoms with Gasteiger partial charge in [-0.05, 0) is 37.4 Å². The zero-order chi connectivity index (χ0) is 12.0. The van der Waals surface area contributed by atoms with Crippen LogP contribution in [0.15, 0.2) is 18.2 Å². The average Bonchev–Trinajstić information content (AvgIpc) is 2.31. The van der Waals surface area contributed by atoms with E-state index >= 15 is 0 Å². The highest BCUT2D eigenvalue weighted by Crippen LogP contribution is 2.19. The fourth-order valence-corrected chi connectivity index (χ4v) is 2.25. The molecule has 0 radical (unpaired) electrons. The van der Waals surface area contributed by atoms with Crippen LogP contribution in [0.5, 0.6) is 0 Å². The Labute approximate surface area is 100 Å². The highest BCUT2D eigenvalue weighted by Gasteiger charge is 2.14. The third kappa shape index (κ3) is 3.34. The Morgan fingerprint density at radius 1 is 1.19 bits per heavy atom. The van der Waals surface area contributed by atoms with Gasteiger partial charge in [0, 0.05) is 13.1 Å². The molecule has 1 aliphatic rings. The minimum Gasteiger partial charge on any atom is -0.299 e. The molecule has 0 saturated carbocycles. The van der Waals surface area contributed by atoms with E-state index in [1.54, 1.807) is 11.1 Å². The quantitative estimate of drug-likeness (QED) is 0.731. The van der Waals surface area contributed by atoms with Crippen molar-refractivity contribution in [2.24, 2.45) is 0 Å². The van der Waals surface area contributed by atoms with Gasteiger partial charge in [-0.2, -0.15) is 0 Å². The Bertz CT molecular complexity index is 317. The molecule has 0 saturated heterocycles. The lowest BCUT2D eigenvalue weighted by molar-refractivity contribution is 0.255. The molecule has 90 valence electrons. The summed E-state index contributed by atoms with van der Waals surface area (Å²) in [5, 5.41) is 0. The van der Waals surface area contributed by atoms with Gasteiger partial charge in [0.05, 0.1) is 0 Å². The lowest BCUT2D eigenvalue weighted by Gasteiger charge is -2.28. The summed E-state index contributed by atoms with van der Waals surface area (Å²) >= 11 is 0. The van der Waals surface area contributed by atoms with Crippen LogP contribution in [0.25, 0.3) is 0 Å². The third-order valence-corrected chi connectivity index (χ3v) is 2.99. The molecule has 1 aromatic carbocycles. The van der Waals surface area contributed by atoms with E-state index in [4.69, 9.17) is 0 Å². The maximum Gasteiger partial charge on any atom is 0.0236 e. The molecule has 1 aromatic rings. The zero-order valence-electron chi connectivity index (χ0n) is 11.2. The molecule has 0 bridgehead atoms. The highest BCUT2D eigenvalue weighted by molar-refractivity contribution is 5.33. The van der Waals surface area contributed by atoms with Crippen molar-refractivity contribution < 1.29 is 0 Å². The van der Waals surface area contributed by atoms with Crippen LogP contribution < -0.4 is 0 Å². The number of rotatable bonds is 2. The molecule has 0 N–H and O–H groups in total. The van der Waals surface area contributed by atoms with Crippen LogP contribution in [0, 0.1) is 6.92 Å². The predicted molar refractivity (Wildman–Crippen MR) is 71.8 cm³/mol. The van der Waals surface area contributed by atoms with E-state index in [-0.39, 0.29) is 0 Å². The minimum absolute atomic E-state index is 1.16. The molecule has 16 heavy (non-hydrogen) atoms. The van der Waals surface area contributed by atoms with Crippen LogP contribution in [-0.2, 0) is 13.0 Å². The summed E-state index contributed by atoms with van der Waals surface area (Å²) in [6.45, 7) is 12.1. The zero-order valence-corrected chi connectivity index (χ0v) is 11.2. The number of fused-ring (bicyclic) bond motifs is 1. The number of benzene rings is 1. The Kier molecular flexibility index (Phi) is 5.54. The summed E-state index contributed by atoms with van der Waals surface area (Å²) in [5.41, 5.74) is 4.50. The summed E-state index contributed by atoms with van der Waals surface area (Å²) < 4.78 is 0. The van der Waals surface area contributed by atoms with Gasteiger partial charge >= 0.3 is 0 Å². The van der Waals surface area contributed by atoms with Crippen molar-refractivity contribution in [1.82, 2.24) is 4.90 Å². The number of hydrogen-bond acceptors (Lipinski definition) is 1. The van der Waals surface area contributed by atoms with E-state index < -0.39 is 0 Å². The van der Waals surface area contributed by atoms with Crippen molar-refractivity contribution in [1.29, 1.82) is 0 Å². The molecule has 0 unspecified atom stereocenters. The molecule has 0 aromatic heterocycles. The van der Waals surface area contributed by atoms with Crippen molar-refractivity contribution in [2.75, 3.05) is 13.1 Å². The first kappa shape index (κ1) is 13.2. The second-order valence-electron chi connectivity index (χ2n) is 4.30. The summed E-state index contributed by atoms with van der Waals surface area (Å²) in [4.78, 5) is 2.56. The fraction of sp³-hybridized carbons (Fsp3) is 0.600. The molecule has 2 rings (SSSR count). The first-order valence-corrected chi connectivity index (χ1v) is 6.60. The smallest absolute Gasteiger partial charge is 0.0236 e. The molecule has 1 heteroatoms. The molecule has 0 fully saturated rings. The lowest BCUT2D eigenvalue weighted by atomic mass is 9.98. The molecular weight excluding hydrogens is 194 g/mol. The van der Waals surface area contributed by atoms with Gasteiger partial charge in [-0.1, -0.05) is 44.5 Å². The topological polar surface area (TPSA) is 3.24 Å². The van der Waals surface area contributed by atoms with Gasteiger partial charge < -0.3 is 0 Å². The van der Waals surface area contributed by atoms with Gasteiger partial charge in [-0.15, -0.1) is 0 Å². The third-order valence-electron chi connectivity index (χ3n) is 2.99. The van der Waals surface area contributed by atoms with E-state index in [9.17, 15) is 0 Å². The number of nitrogens with zero attached hydrogens (tertiary/aromatic N) is 1. The maximum atomic E-state index is 2.56. The molecule has 1 nitrogen and oxygen atoms in total. The van der Waals surface area contributed by atoms with Crippen LogP contribution in [0.3, 0.4) is 0 Å². The monoisotopic (exact) mass is 219 g/mol. The Balaban J connectivity index is 0.000000606. The van der Waals surface area contributed by atoms with Crippen molar-refractivity contribution in [3.63, 3.8) is 0 Å². The van der Waals surface area contributed by atoms with Crippen molar-refractivity contribution in [3.8, 4) is 0 Å². The van der Waals surface area contributed by atoms with Gasteiger partial charge in [0.25, 0.3) is 0 Å². The summed E-state index contributed by atoms with van der Waals surface area (Å²) in [6, 6.07) is 6.87. The minimum atomic E-state index is 1.16. The maximum absolute atomic E-state index is 2.56. The molecule has 0 aliphatic carbocycles.